The van der Waals surface area contributed by atoms with Gasteiger partial charge in [-0.25, -0.2) is 0 Å². The topological polar surface area (TPSA) is 46.1 Å². The molecule has 1 aliphatic heterocycles. The van der Waals surface area contributed by atoms with E-state index in [1.165, 1.54) is 38.5 Å². The highest BCUT2D eigenvalue weighted by molar-refractivity contribution is 5.80. The monoisotopic (exact) mass is 321 g/mol. The third-order valence-corrected chi connectivity index (χ3v) is 6.52. The van der Waals surface area contributed by atoms with Crippen LogP contribution < -0.4 is 5.32 Å². The number of likely N-dealkylation sites (N-methyl/N-ethyl adjacent to an activating group) is 1. The standard InChI is InChI=1S/C18H31N3O2/c1-19-17(21(2)9-11-22-12-13-4-5-13)20-15-14-6-10-23-16(14)18(15)7-3-8-18/h13-16H,3-12H2,1-2H3,(H,19,20). The molecule has 3 saturated carbocycles. The summed E-state index contributed by atoms with van der Waals surface area (Å²) in [7, 11) is 4.00. The van der Waals surface area contributed by atoms with Crippen molar-refractivity contribution >= 4 is 5.96 Å². The van der Waals surface area contributed by atoms with Crippen molar-refractivity contribution in [1.82, 2.24) is 10.2 Å². The summed E-state index contributed by atoms with van der Waals surface area (Å²) < 4.78 is 11.8. The molecule has 3 aliphatic carbocycles. The Labute approximate surface area is 139 Å². The van der Waals surface area contributed by atoms with Gasteiger partial charge >= 0.3 is 0 Å². The summed E-state index contributed by atoms with van der Waals surface area (Å²) in [5.41, 5.74) is 0.403. The number of aliphatic imine (C=N–C) groups is 1. The third kappa shape index (κ3) is 2.76. The van der Waals surface area contributed by atoms with Crippen LogP contribution >= 0.6 is 0 Å². The number of rotatable bonds is 6. The van der Waals surface area contributed by atoms with Gasteiger partial charge in [-0.05, 0) is 38.0 Å². The molecule has 0 aromatic rings. The van der Waals surface area contributed by atoms with E-state index >= 15 is 0 Å². The molecule has 1 saturated heterocycles. The Morgan fingerprint density at radius 1 is 1.35 bits per heavy atom. The second-order valence-electron chi connectivity index (χ2n) is 7.94. The van der Waals surface area contributed by atoms with Crippen LogP contribution in [-0.2, 0) is 9.47 Å². The molecule has 0 aromatic carbocycles. The van der Waals surface area contributed by atoms with Crippen molar-refractivity contribution in [3.8, 4) is 0 Å². The first-order valence-corrected chi connectivity index (χ1v) is 9.38. The molecular formula is C18H31N3O2. The number of hydrogen-bond donors (Lipinski definition) is 1. The lowest BCUT2D eigenvalue weighted by Crippen LogP contribution is -2.72. The largest absolute Gasteiger partial charge is 0.379 e. The van der Waals surface area contributed by atoms with Crippen molar-refractivity contribution in [2.24, 2.45) is 22.2 Å². The van der Waals surface area contributed by atoms with Gasteiger partial charge in [-0.2, -0.15) is 0 Å². The summed E-state index contributed by atoms with van der Waals surface area (Å²) in [5, 5.41) is 3.77. The Morgan fingerprint density at radius 2 is 2.17 bits per heavy atom. The van der Waals surface area contributed by atoms with Crippen LogP contribution in [-0.4, -0.2) is 63.5 Å². The first-order valence-electron chi connectivity index (χ1n) is 9.38. The van der Waals surface area contributed by atoms with Crippen LogP contribution in [0.1, 0.15) is 38.5 Å². The lowest BCUT2D eigenvalue weighted by atomic mass is 9.46. The number of hydrogen-bond acceptors (Lipinski definition) is 3. The van der Waals surface area contributed by atoms with Gasteiger partial charge in [-0.3, -0.25) is 4.99 Å². The average Bonchev–Trinajstić information content (AvgIpc) is 3.23. The lowest BCUT2D eigenvalue weighted by Gasteiger charge is -2.63. The van der Waals surface area contributed by atoms with E-state index in [4.69, 9.17) is 9.47 Å². The molecule has 4 aliphatic rings. The van der Waals surface area contributed by atoms with Gasteiger partial charge in [0, 0.05) is 51.2 Å². The van der Waals surface area contributed by atoms with Crippen LogP contribution in [0.2, 0.25) is 0 Å². The van der Waals surface area contributed by atoms with Gasteiger partial charge in [-0.15, -0.1) is 0 Å². The molecule has 1 N–H and O–H groups in total. The van der Waals surface area contributed by atoms with E-state index in [-0.39, 0.29) is 0 Å². The highest BCUT2D eigenvalue weighted by Crippen LogP contribution is 2.62. The summed E-state index contributed by atoms with van der Waals surface area (Å²) in [6.45, 7) is 3.57. The number of ether oxygens (including phenoxy) is 2. The fourth-order valence-electron chi connectivity index (χ4n) is 4.78. The van der Waals surface area contributed by atoms with E-state index in [0.29, 0.717) is 23.5 Å². The van der Waals surface area contributed by atoms with Crippen LogP contribution in [0.15, 0.2) is 4.99 Å². The highest BCUT2D eigenvalue weighted by Gasteiger charge is 2.66. The van der Waals surface area contributed by atoms with E-state index in [0.717, 1.165) is 38.2 Å². The van der Waals surface area contributed by atoms with E-state index in [2.05, 4.69) is 22.3 Å². The van der Waals surface area contributed by atoms with Gasteiger partial charge in [0.25, 0.3) is 0 Å². The van der Waals surface area contributed by atoms with Gasteiger partial charge in [-0.1, -0.05) is 6.42 Å². The molecule has 0 radical (unpaired) electrons. The maximum atomic E-state index is 6.01. The molecule has 0 amide bonds. The van der Waals surface area contributed by atoms with Crippen LogP contribution in [0, 0.1) is 17.3 Å². The maximum Gasteiger partial charge on any atom is 0.193 e. The van der Waals surface area contributed by atoms with Gasteiger partial charge in [0.05, 0.1) is 12.7 Å². The van der Waals surface area contributed by atoms with Crippen molar-refractivity contribution in [3.05, 3.63) is 0 Å². The minimum atomic E-state index is 0.403. The van der Waals surface area contributed by atoms with Crippen LogP contribution in [0.5, 0.6) is 0 Å². The molecule has 1 heterocycles. The third-order valence-electron chi connectivity index (χ3n) is 6.52. The van der Waals surface area contributed by atoms with E-state index in [1.54, 1.807) is 0 Å². The summed E-state index contributed by atoms with van der Waals surface area (Å²) >= 11 is 0. The molecule has 0 bridgehead atoms. The Bertz CT molecular complexity index is 459. The zero-order valence-electron chi connectivity index (χ0n) is 14.6. The quantitative estimate of drug-likeness (QED) is 0.461. The SMILES string of the molecule is CN=C(NC1C2CCOC2C12CCC2)N(C)CCOCC1CC1. The van der Waals surface area contributed by atoms with E-state index < -0.39 is 0 Å². The Kier molecular flexibility index (Phi) is 4.26. The molecule has 3 atom stereocenters. The van der Waals surface area contributed by atoms with Gasteiger partial charge < -0.3 is 19.7 Å². The molecule has 3 unspecified atom stereocenters. The predicted molar refractivity (Wildman–Crippen MR) is 90.6 cm³/mol. The fraction of sp³-hybridized carbons (Fsp3) is 0.944. The molecule has 5 nitrogen and oxygen atoms in total. The van der Waals surface area contributed by atoms with E-state index in [1.807, 2.05) is 7.05 Å². The zero-order chi connectivity index (χ0) is 15.9. The summed E-state index contributed by atoms with van der Waals surface area (Å²) in [5.74, 6) is 2.54. The molecule has 0 aromatic heterocycles. The van der Waals surface area contributed by atoms with Crippen molar-refractivity contribution in [2.75, 3.05) is 40.5 Å². The van der Waals surface area contributed by atoms with Crippen LogP contribution in [0.25, 0.3) is 0 Å². The van der Waals surface area contributed by atoms with Crippen LogP contribution in [0.4, 0.5) is 0 Å². The highest BCUT2D eigenvalue weighted by atomic mass is 16.5. The predicted octanol–water partition coefficient (Wildman–Crippen LogP) is 1.88. The van der Waals surface area contributed by atoms with Gasteiger partial charge in [0.1, 0.15) is 0 Å². The molecule has 1 spiro atoms. The van der Waals surface area contributed by atoms with Gasteiger partial charge in [0.15, 0.2) is 5.96 Å². The van der Waals surface area contributed by atoms with Crippen molar-refractivity contribution in [1.29, 1.82) is 0 Å². The maximum absolute atomic E-state index is 6.01. The molecule has 23 heavy (non-hydrogen) atoms. The van der Waals surface area contributed by atoms with Crippen molar-refractivity contribution in [2.45, 2.75) is 50.7 Å². The zero-order valence-corrected chi connectivity index (χ0v) is 14.6. The van der Waals surface area contributed by atoms with E-state index in [9.17, 15) is 0 Å². The minimum Gasteiger partial charge on any atom is -0.379 e. The number of guanidine groups is 1. The first-order chi connectivity index (χ1) is 11.2. The normalized spacial score (nSPS) is 34.7. The van der Waals surface area contributed by atoms with Crippen molar-refractivity contribution in [3.63, 3.8) is 0 Å². The molecule has 130 valence electrons. The van der Waals surface area contributed by atoms with Crippen LogP contribution in [0.3, 0.4) is 0 Å². The lowest BCUT2D eigenvalue weighted by molar-refractivity contribution is -0.171. The second-order valence-corrected chi connectivity index (χ2v) is 7.94. The minimum absolute atomic E-state index is 0.403. The Balaban J connectivity index is 1.29. The molecular weight excluding hydrogens is 290 g/mol. The number of nitrogens with one attached hydrogen (secondary N) is 1. The summed E-state index contributed by atoms with van der Waals surface area (Å²) in [6, 6.07) is 0.553. The second kappa shape index (κ2) is 6.25. The summed E-state index contributed by atoms with van der Waals surface area (Å²) in [6.07, 6.45) is 8.41. The first kappa shape index (κ1) is 15.7. The fourth-order valence-corrected chi connectivity index (χ4v) is 4.78. The van der Waals surface area contributed by atoms with Crippen molar-refractivity contribution < 1.29 is 9.47 Å². The summed E-state index contributed by atoms with van der Waals surface area (Å²) in [4.78, 5) is 6.72. The number of fused-ring (bicyclic) bond motifs is 2. The average molecular weight is 321 g/mol. The molecule has 4 fully saturated rings. The Hall–Kier alpha value is -0.810. The smallest absolute Gasteiger partial charge is 0.193 e. The number of nitrogens with zero attached hydrogens (tertiary/aromatic N) is 2. The van der Waals surface area contributed by atoms with Gasteiger partial charge in [0.2, 0.25) is 0 Å². The molecule has 4 rings (SSSR count). The Morgan fingerprint density at radius 3 is 2.83 bits per heavy atom. The molecule has 5 heteroatoms.